The Morgan fingerprint density at radius 2 is 1.53 bits per heavy atom. The van der Waals surface area contributed by atoms with Crippen molar-refractivity contribution < 1.29 is 14.3 Å². The van der Waals surface area contributed by atoms with Crippen molar-refractivity contribution in [1.29, 1.82) is 0 Å². The highest BCUT2D eigenvalue weighted by Gasteiger charge is 2.23. The first-order valence-electron chi connectivity index (χ1n) is 8.49. The molecule has 1 aromatic heterocycles. The van der Waals surface area contributed by atoms with E-state index < -0.39 is 11.8 Å². The number of benzene rings is 1. The van der Waals surface area contributed by atoms with Gasteiger partial charge in [0, 0.05) is 0 Å². The van der Waals surface area contributed by atoms with E-state index in [1.165, 1.54) is 0 Å². The molecule has 0 fully saturated rings. The third kappa shape index (κ3) is 5.93. The van der Waals surface area contributed by atoms with Crippen LogP contribution in [-0.4, -0.2) is 34.1 Å². The van der Waals surface area contributed by atoms with Gasteiger partial charge >= 0.3 is 0 Å². The molecule has 2 rings (SSSR count). The zero-order valence-electron chi connectivity index (χ0n) is 16.2. The molecule has 0 aliphatic rings. The fourth-order valence-electron chi connectivity index (χ4n) is 2.52. The number of carbonyl (C=O) groups excluding carboxylic acids is 2. The van der Waals surface area contributed by atoms with Crippen LogP contribution in [0.15, 0.2) is 24.3 Å². The molecular formula is C18H21N7O3S2. The van der Waals surface area contributed by atoms with Crippen molar-refractivity contribution in [1.82, 2.24) is 26.7 Å². The summed E-state index contributed by atoms with van der Waals surface area (Å²) in [5.41, 5.74) is 22.1. The molecule has 0 bridgehead atoms. The van der Waals surface area contributed by atoms with Crippen molar-refractivity contribution in [3.63, 3.8) is 0 Å². The number of methoxy groups -OCH3 is 1. The lowest BCUT2D eigenvalue weighted by atomic mass is 10.1. The number of nitrogens with two attached hydrogens (primary N) is 2. The first kappa shape index (κ1) is 22.6. The van der Waals surface area contributed by atoms with E-state index in [2.05, 4.69) is 38.9 Å². The lowest BCUT2D eigenvalue weighted by Crippen LogP contribution is -2.45. The molecule has 0 aliphatic carbocycles. The summed E-state index contributed by atoms with van der Waals surface area (Å²) in [6.07, 6.45) is 3.44. The molecule has 1 aromatic carbocycles. The number of aromatic nitrogens is 1. The highest BCUT2D eigenvalue weighted by molar-refractivity contribution is 7.80. The minimum Gasteiger partial charge on any atom is -0.497 e. The number of rotatable bonds is 5. The quantitative estimate of drug-likeness (QED) is 0.255. The molecule has 2 aromatic rings. The molecule has 10 nitrogen and oxygen atoms in total. The maximum absolute atomic E-state index is 12.6. The van der Waals surface area contributed by atoms with Crippen LogP contribution in [0, 0.1) is 6.92 Å². The average Bonchev–Trinajstić information content (AvgIpc) is 3.05. The number of H-pyrrole nitrogens is 1. The number of thiocarbonyl (C=S) groups is 2. The van der Waals surface area contributed by atoms with Crippen LogP contribution in [0.1, 0.15) is 37.7 Å². The van der Waals surface area contributed by atoms with Gasteiger partial charge in [-0.25, -0.2) is 0 Å². The second kappa shape index (κ2) is 10.2. The van der Waals surface area contributed by atoms with Gasteiger partial charge in [0.1, 0.15) is 11.4 Å². The zero-order valence-corrected chi connectivity index (χ0v) is 17.8. The molecule has 0 unspecified atom stereocenters. The Balaban J connectivity index is 2.39. The van der Waals surface area contributed by atoms with Crippen LogP contribution in [0.2, 0.25) is 0 Å². The monoisotopic (exact) mass is 447 g/mol. The molecule has 1 heterocycles. The van der Waals surface area contributed by atoms with Crippen molar-refractivity contribution in [2.75, 3.05) is 7.11 Å². The van der Waals surface area contributed by atoms with E-state index in [1.807, 2.05) is 12.1 Å². The normalized spacial score (nSPS) is 10.3. The number of amides is 2. The van der Waals surface area contributed by atoms with Gasteiger partial charge in [-0.3, -0.25) is 31.3 Å². The lowest BCUT2D eigenvalue weighted by Gasteiger charge is -2.07. The molecule has 9 N–H and O–H groups in total. The summed E-state index contributed by atoms with van der Waals surface area (Å²) in [5.74, 6) is -0.371. The fourth-order valence-corrected chi connectivity index (χ4v) is 2.62. The maximum atomic E-state index is 12.6. The standard InChI is InChI=1S/C18H21N7O3S2/c1-9-13(15(26)22-24-17(19)29)12(21-14(9)16(27)23-25-18(20)30)8-5-10-3-6-11(28-2)7-4-10/h3-8,21H,1-2H3,(H,22,26)(H,23,27)(H3,19,24,29)(H3,20,25,30)/b8-5+. The Labute approximate surface area is 183 Å². The van der Waals surface area contributed by atoms with Crippen LogP contribution in [0.5, 0.6) is 5.75 Å². The summed E-state index contributed by atoms with van der Waals surface area (Å²) >= 11 is 9.36. The van der Waals surface area contributed by atoms with E-state index in [4.69, 9.17) is 28.4 Å². The number of hydrogen-bond donors (Lipinski definition) is 7. The van der Waals surface area contributed by atoms with E-state index in [-0.39, 0.29) is 21.5 Å². The van der Waals surface area contributed by atoms with Gasteiger partial charge in [0.2, 0.25) is 0 Å². The second-order valence-electron chi connectivity index (χ2n) is 5.91. The third-order valence-corrected chi connectivity index (χ3v) is 4.09. The van der Waals surface area contributed by atoms with Gasteiger partial charge in [-0.2, -0.15) is 0 Å². The van der Waals surface area contributed by atoms with Crippen LogP contribution in [-0.2, 0) is 0 Å². The number of carbonyl (C=O) groups is 2. The molecule has 0 saturated carbocycles. The minimum absolute atomic E-state index is 0.106. The lowest BCUT2D eigenvalue weighted by molar-refractivity contribution is 0.0937. The number of hydrazine groups is 2. The van der Waals surface area contributed by atoms with Gasteiger partial charge in [-0.05, 0) is 60.7 Å². The molecule has 2 amide bonds. The summed E-state index contributed by atoms with van der Waals surface area (Å²) in [6, 6.07) is 7.30. The summed E-state index contributed by atoms with van der Waals surface area (Å²) in [7, 11) is 1.58. The molecule has 0 atom stereocenters. The van der Waals surface area contributed by atoms with Gasteiger partial charge < -0.3 is 21.2 Å². The van der Waals surface area contributed by atoms with Crippen molar-refractivity contribution in [2.24, 2.45) is 11.5 Å². The predicted molar refractivity (Wildman–Crippen MR) is 122 cm³/mol. The zero-order chi connectivity index (χ0) is 22.3. The van der Waals surface area contributed by atoms with E-state index in [9.17, 15) is 9.59 Å². The third-order valence-electron chi connectivity index (χ3n) is 3.89. The Morgan fingerprint density at radius 3 is 2.07 bits per heavy atom. The fraction of sp³-hybridized carbons (Fsp3) is 0.111. The van der Waals surface area contributed by atoms with Crippen molar-refractivity contribution >= 4 is 58.6 Å². The first-order chi connectivity index (χ1) is 14.2. The second-order valence-corrected chi connectivity index (χ2v) is 6.79. The smallest absolute Gasteiger partial charge is 0.286 e. The molecule has 0 spiro atoms. The number of aromatic amines is 1. The van der Waals surface area contributed by atoms with Crippen LogP contribution in [0.3, 0.4) is 0 Å². The van der Waals surface area contributed by atoms with Gasteiger partial charge in [0.25, 0.3) is 11.8 Å². The Morgan fingerprint density at radius 1 is 0.967 bits per heavy atom. The Bertz CT molecular complexity index is 1000. The van der Waals surface area contributed by atoms with Gasteiger partial charge in [-0.15, -0.1) is 0 Å². The van der Waals surface area contributed by atoms with E-state index >= 15 is 0 Å². The summed E-state index contributed by atoms with van der Waals surface area (Å²) in [6.45, 7) is 1.62. The molecule has 30 heavy (non-hydrogen) atoms. The van der Waals surface area contributed by atoms with Crippen LogP contribution >= 0.6 is 24.4 Å². The Hall–Kier alpha value is -3.64. The predicted octanol–water partition coefficient (Wildman–Crippen LogP) is 0.458. The van der Waals surface area contributed by atoms with Crippen LogP contribution in [0.25, 0.3) is 12.2 Å². The summed E-state index contributed by atoms with van der Waals surface area (Å²) < 4.78 is 5.13. The van der Waals surface area contributed by atoms with Gasteiger partial charge in [-0.1, -0.05) is 18.2 Å². The summed E-state index contributed by atoms with van der Waals surface area (Å²) in [4.78, 5) is 28.0. The molecular weight excluding hydrogens is 426 g/mol. The van der Waals surface area contributed by atoms with Crippen molar-refractivity contribution in [2.45, 2.75) is 6.92 Å². The van der Waals surface area contributed by atoms with Gasteiger partial charge in [0.05, 0.1) is 18.4 Å². The maximum Gasteiger partial charge on any atom is 0.286 e. The van der Waals surface area contributed by atoms with Crippen LogP contribution < -0.4 is 37.9 Å². The largest absolute Gasteiger partial charge is 0.497 e. The SMILES string of the molecule is COc1ccc(/C=C/c2[nH]c(C(=O)NNC(N)=S)c(C)c2C(=O)NNC(N)=S)cc1. The number of hydrogen-bond acceptors (Lipinski definition) is 5. The molecule has 0 aliphatic heterocycles. The molecule has 158 valence electrons. The molecule has 0 radical (unpaired) electrons. The van der Waals surface area contributed by atoms with E-state index in [0.29, 0.717) is 11.3 Å². The molecule has 12 heteroatoms. The van der Waals surface area contributed by atoms with E-state index in [1.54, 1.807) is 38.3 Å². The number of nitrogens with one attached hydrogen (secondary N) is 5. The topological polar surface area (TPSA) is 159 Å². The van der Waals surface area contributed by atoms with Crippen molar-refractivity contribution in [3.8, 4) is 5.75 Å². The number of ether oxygens (including phenoxy) is 1. The highest BCUT2D eigenvalue weighted by Crippen LogP contribution is 2.21. The molecule has 0 saturated heterocycles. The Kier molecular flexibility index (Phi) is 7.72. The summed E-state index contributed by atoms with van der Waals surface area (Å²) in [5, 5.41) is -0.212. The van der Waals surface area contributed by atoms with E-state index in [0.717, 1.165) is 11.3 Å². The van der Waals surface area contributed by atoms with Gasteiger partial charge in [0.15, 0.2) is 10.2 Å². The van der Waals surface area contributed by atoms with Crippen molar-refractivity contribution in [3.05, 3.63) is 52.3 Å². The average molecular weight is 448 g/mol. The highest BCUT2D eigenvalue weighted by atomic mass is 32.1. The minimum atomic E-state index is -0.555. The van der Waals surface area contributed by atoms with Crippen LogP contribution in [0.4, 0.5) is 0 Å². The first-order valence-corrected chi connectivity index (χ1v) is 9.30.